The molecule has 0 unspecified atom stereocenters. The van der Waals surface area contributed by atoms with Gasteiger partial charge < -0.3 is 14.6 Å². The largest absolute Gasteiger partial charge is 0.502 e. The van der Waals surface area contributed by atoms with Gasteiger partial charge in [0.15, 0.2) is 17.3 Å². The first-order valence-electron chi connectivity index (χ1n) is 9.14. The predicted octanol–water partition coefficient (Wildman–Crippen LogP) is 3.09. The van der Waals surface area contributed by atoms with Gasteiger partial charge in [-0.25, -0.2) is 8.42 Å². The minimum Gasteiger partial charge on any atom is -0.502 e. The molecule has 0 spiro atoms. The first kappa shape index (κ1) is 20.9. The molecule has 0 saturated carbocycles. The van der Waals surface area contributed by atoms with Crippen molar-refractivity contribution >= 4 is 21.9 Å². The van der Waals surface area contributed by atoms with Gasteiger partial charge in [0, 0.05) is 18.7 Å². The van der Waals surface area contributed by atoms with Gasteiger partial charge in [-0.15, -0.1) is 0 Å². The van der Waals surface area contributed by atoms with Crippen molar-refractivity contribution in [1.29, 1.82) is 0 Å². The molecule has 1 N–H and O–H groups in total. The molecule has 2 aromatic carbocycles. The standard InChI is InChI=1S/C21H23NO6S/c1-27-19-13-15(14-20(28-2)21(19)24)5-10-18(23)16-6-8-17(9-7-16)29(25,26)22-11-3-4-12-22/h5-10,13-14,24H,3-4,11-12H2,1-2H3. The van der Waals surface area contributed by atoms with Crippen molar-refractivity contribution in [2.75, 3.05) is 27.3 Å². The Labute approximate surface area is 170 Å². The molecule has 1 aliphatic heterocycles. The smallest absolute Gasteiger partial charge is 0.243 e. The molecule has 0 radical (unpaired) electrons. The van der Waals surface area contributed by atoms with E-state index in [1.165, 1.54) is 48.9 Å². The Kier molecular flexibility index (Phi) is 6.24. The maximum atomic E-state index is 12.6. The SMILES string of the molecule is COc1cc(C=CC(=O)c2ccc(S(=O)(=O)N3CCCC3)cc2)cc(OC)c1O. The zero-order chi connectivity index (χ0) is 21.0. The summed E-state index contributed by atoms with van der Waals surface area (Å²) in [4.78, 5) is 12.6. The van der Waals surface area contributed by atoms with Crippen LogP contribution in [0.5, 0.6) is 17.2 Å². The first-order chi connectivity index (χ1) is 13.9. The number of hydrogen-bond donors (Lipinski definition) is 1. The normalized spacial score (nSPS) is 15.0. The fourth-order valence-electron chi connectivity index (χ4n) is 3.15. The minimum atomic E-state index is -3.50. The third-order valence-corrected chi connectivity index (χ3v) is 6.68. The van der Waals surface area contributed by atoms with Crippen molar-refractivity contribution in [3.8, 4) is 17.2 Å². The number of phenolic OH excluding ortho intramolecular Hbond substituents is 1. The molecular formula is C21H23NO6S. The van der Waals surface area contributed by atoms with Crippen LogP contribution in [0.15, 0.2) is 47.4 Å². The molecule has 1 aliphatic rings. The van der Waals surface area contributed by atoms with E-state index in [0.29, 0.717) is 24.2 Å². The van der Waals surface area contributed by atoms with Crippen LogP contribution in [0.3, 0.4) is 0 Å². The van der Waals surface area contributed by atoms with E-state index in [9.17, 15) is 18.3 Å². The second kappa shape index (κ2) is 8.67. The summed E-state index contributed by atoms with van der Waals surface area (Å²) in [5.41, 5.74) is 0.984. The third-order valence-electron chi connectivity index (χ3n) is 4.77. The molecular weight excluding hydrogens is 394 g/mol. The molecule has 1 heterocycles. The summed E-state index contributed by atoms with van der Waals surface area (Å²) < 4.78 is 36.8. The highest BCUT2D eigenvalue weighted by Gasteiger charge is 2.27. The molecule has 7 nitrogen and oxygen atoms in total. The molecule has 0 aromatic heterocycles. The van der Waals surface area contributed by atoms with E-state index in [-0.39, 0.29) is 27.9 Å². The molecule has 1 saturated heterocycles. The van der Waals surface area contributed by atoms with Crippen LogP contribution in [0.2, 0.25) is 0 Å². The molecule has 0 amide bonds. The number of ketones is 1. The van der Waals surface area contributed by atoms with Crippen LogP contribution in [0.4, 0.5) is 0 Å². The van der Waals surface area contributed by atoms with Crippen LogP contribution in [0, 0.1) is 0 Å². The fraction of sp³-hybridized carbons (Fsp3) is 0.286. The number of aromatic hydroxyl groups is 1. The molecule has 8 heteroatoms. The van der Waals surface area contributed by atoms with Gasteiger partial charge in [0.1, 0.15) is 0 Å². The number of sulfonamides is 1. The summed E-state index contributed by atoms with van der Waals surface area (Å²) in [7, 11) is -0.660. The summed E-state index contributed by atoms with van der Waals surface area (Å²) in [6.07, 6.45) is 4.68. The molecule has 0 bridgehead atoms. The summed E-state index contributed by atoms with van der Waals surface area (Å²) in [5, 5.41) is 9.95. The molecule has 0 aliphatic carbocycles. The van der Waals surface area contributed by atoms with Crippen LogP contribution < -0.4 is 9.47 Å². The average molecular weight is 417 g/mol. The van der Waals surface area contributed by atoms with Crippen LogP contribution in [0.25, 0.3) is 6.08 Å². The highest BCUT2D eigenvalue weighted by atomic mass is 32.2. The van der Waals surface area contributed by atoms with E-state index >= 15 is 0 Å². The van der Waals surface area contributed by atoms with E-state index in [0.717, 1.165) is 12.8 Å². The predicted molar refractivity (Wildman–Crippen MR) is 109 cm³/mol. The lowest BCUT2D eigenvalue weighted by molar-refractivity contribution is 0.104. The maximum absolute atomic E-state index is 12.6. The topological polar surface area (TPSA) is 93.1 Å². The lowest BCUT2D eigenvalue weighted by atomic mass is 10.1. The second-order valence-electron chi connectivity index (χ2n) is 6.61. The molecule has 1 fully saturated rings. The number of rotatable bonds is 7. The highest BCUT2D eigenvalue weighted by molar-refractivity contribution is 7.89. The number of carbonyl (C=O) groups is 1. The summed E-state index contributed by atoms with van der Waals surface area (Å²) >= 11 is 0. The lowest BCUT2D eigenvalue weighted by Crippen LogP contribution is -2.27. The average Bonchev–Trinajstić information content (AvgIpc) is 3.28. The van der Waals surface area contributed by atoms with E-state index in [2.05, 4.69) is 0 Å². The van der Waals surface area contributed by atoms with Crippen molar-refractivity contribution in [2.45, 2.75) is 17.7 Å². The lowest BCUT2D eigenvalue weighted by Gasteiger charge is -2.15. The Morgan fingerprint density at radius 2 is 1.59 bits per heavy atom. The Morgan fingerprint density at radius 3 is 2.10 bits per heavy atom. The first-order valence-corrected chi connectivity index (χ1v) is 10.6. The summed E-state index contributed by atoms with van der Waals surface area (Å²) in [5.74, 6) is 0.0650. The number of carbonyl (C=O) groups excluding carboxylic acids is 1. The number of hydrogen-bond acceptors (Lipinski definition) is 6. The number of ether oxygens (including phenoxy) is 2. The number of methoxy groups -OCH3 is 2. The highest BCUT2D eigenvalue weighted by Crippen LogP contribution is 2.37. The Hall–Kier alpha value is -2.84. The van der Waals surface area contributed by atoms with Crippen LogP contribution in [-0.4, -0.2) is 50.9 Å². The van der Waals surface area contributed by atoms with E-state index in [1.54, 1.807) is 18.2 Å². The van der Waals surface area contributed by atoms with Gasteiger partial charge in [0.2, 0.25) is 15.8 Å². The van der Waals surface area contributed by atoms with Crippen molar-refractivity contribution < 1.29 is 27.8 Å². The molecule has 3 rings (SSSR count). The van der Waals surface area contributed by atoms with Crippen molar-refractivity contribution in [3.63, 3.8) is 0 Å². The summed E-state index contributed by atoms with van der Waals surface area (Å²) in [6, 6.07) is 9.09. The molecule has 0 atom stereocenters. The minimum absolute atomic E-state index is 0.117. The molecule has 29 heavy (non-hydrogen) atoms. The molecule has 154 valence electrons. The Bertz CT molecular complexity index is 997. The number of nitrogens with zero attached hydrogens (tertiary/aromatic N) is 1. The Balaban J connectivity index is 1.78. The van der Waals surface area contributed by atoms with Gasteiger partial charge in [-0.3, -0.25) is 4.79 Å². The van der Waals surface area contributed by atoms with Gasteiger partial charge in [-0.2, -0.15) is 4.31 Å². The quantitative estimate of drug-likeness (QED) is 0.550. The van der Waals surface area contributed by atoms with Crippen molar-refractivity contribution in [1.82, 2.24) is 4.31 Å². The van der Waals surface area contributed by atoms with Gasteiger partial charge in [0.25, 0.3) is 0 Å². The number of phenols is 1. The van der Waals surface area contributed by atoms with E-state index < -0.39 is 10.0 Å². The monoisotopic (exact) mass is 417 g/mol. The zero-order valence-electron chi connectivity index (χ0n) is 16.3. The summed E-state index contributed by atoms with van der Waals surface area (Å²) in [6.45, 7) is 1.07. The van der Waals surface area contributed by atoms with Crippen molar-refractivity contribution in [2.24, 2.45) is 0 Å². The van der Waals surface area contributed by atoms with Crippen LogP contribution in [-0.2, 0) is 10.0 Å². The van der Waals surface area contributed by atoms with Gasteiger partial charge in [-0.05, 0) is 60.9 Å². The second-order valence-corrected chi connectivity index (χ2v) is 8.55. The van der Waals surface area contributed by atoms with Crippen molar-refractivity contribution in [3.05, 3.63) is 53.6 Å². The fourth-order valence-corrected chi connectivity index (χ4v) is 4.66. The maximum Gasteiger partial charge on any atom is 0.243 e. The van der Waals surface area contributed by atoms with Crippen LogP contribution in [0.1, 0.15) is 28.8 Å². The zero-order valence-corrected chi connectivity index (χ0v) is 17.1. The van der Waals surface area contributed by atoms with Gasteiger partial charge >= 0.3 is 0 Å². The van der Waals surface area contributed by atoms with Gasteiger partial charge in [-0.1, -0.05) is 6.08 Å². The Morgan fingerprint density at radius 1 is 1.03 bits per heavy atom. The van der Waals surface area contributed by atoms with Gasteiger partial charge in [0.05, 0.1) is 19.1 Å². The third kappa shape index (κ3) is 4.44. The van der Waals surface area contributed by atoms with Crippen LogP contribution >= 0.6 is 0 Å². The number of allylic oxidation sites excluding steroid dienone is 1. The van der Waals surface area contributed by atoms with E-state index in [4.69, 9.17) is 9.47 Å². The number of benzene rings is 2. The molecule has 2 aromatic rings. The van der Waals surface area contributed by atoms with E-state index in [1.807, 2.05) is 0 Å².